The number of aryl methyl sites for hydroxylation is 1. The molecular formula is C13H11BrFN3OS. The summed E-state index contributed by atoms with van der Waals surface area (Å²) in [4.78, 5) is 0.130. The Morgan fingerprint density at radius 1 is 1.35 bits per heavy atom. The molecule has 0 saturated carbocycles. The van der Waals surface area contributed by atoms with Gasteiger partial charge in [-0.05, 0) is 37.6 Å². The molecule has 0 saturated heterocycles. The summed E-state index contributed by atoms with van der Waals surface area (Å²) >= 11 is 8.25. The lowest BCUT2D eigenvalue weighted by Gasteiger charge is -2.12. The number of benzene rings is 1. The number of hydrogen-bond donors (Lipinski definition) is 1. The highest BCUT2D eigenvalue weighted by atomic mass is 79.9. The van der Waals surface area contributed by atoms with Crippen molar-refractivity contribution in [2.24, 2.45) is 5.73 Å². The number of aromatic nitrogens is 2. The van der Waals surface area contributed by atoms with E-state index >= 15 is 0 Å². The zero-order chi connectivity index (χ0) is 14.9. The molecular weight excluding hydrogens is 345 g/mol. The van der Waals surface area contributed by atoms with Gasteiger partial charge in [0.2, 0.25) is 5.88 Å². The molecule has 0 aliphatic heterocycles. The molecule has 0 aliphatic carbocycles. The maximum atomic E-state index is 13.7. The number of nitrogens with two attached hydrogens (primary N) is 1. The first-order valence-corrected chi connectivity index (χ1v) is 6.87. The van der Waals surface area contributed by atoms with Gasteiger partial charge in [-0.15, -0.1) is 5.10 Å². The molecule has 0 radical (unpaired) electrons. The minimum Gasteiger partial charge on any atom is -0.434 e. The quantitative estimate of drug-likeness (QED) is 0.854. The highest BCUT2D eigenvalue weighted by Crippen LogP contribution is 2.29. The molecule has 0 fully saturated rings. The summed E-state index contributed by atoms with van der Waals surface area (Å²) in [6, 6.07) is 4.35. The van der Waals surface area contributed by atoms with E-state index in [0.29, 0.717) is 15.7 Å². The lowest BCUT2D eigenvalue weighted by Crippen LogP contribution is -2.15. The summed E-state index contributed by atoms with van der Waals surface area (Å²) < 4.78 is 19.9. The van der Waals surface area contributed by atoms with Crippen molar-refractivity contribution in [2.45, 2.75) is 13.8 Å². The summed E-state index contributed by atoms with van der Waals surface area (Å²) in [5.74, 6) is -0.394. The van der Waals surface area contributed by atoms with Crippen molar-refractivity contribution in [3.05, 3.63) is 45.3 Å². The predicted octanol–water partition coefficient (Wildman–Crippen LogP) is 3.42. The summed E-state index contributed by atoms with van der Waals surface area (Å²) in [5.41, 5.74) is 7.60. The van der Waals surface area contributed by atoms with E-state index in [1.54, 1.807) is 13.0 Å². The maximum Gasteiger partial charge on any atom is 0.249 e. The van der Waals surface area contributed by atoms with Crippen LogP contribution in [0.5, 0.6) is 11.6 Å². The fraction of sp³-hybridized carbons (Fsp3) is 0.154. The van der Waals surface area contributed by atoms with Crippen LogP contribution < -0.4 is 10.5 Å². The largest absolute Gasteiger partial charge is 0.434 e. The summed E-state index contributed by atoms with van der Waals surface area (Å²) in [7, 11) is 0. The zero-order valence-corrected chi connectivity index (χ0v) is 13.2. The Labute approximate surface area is 129 Å². The van der Waals surface area contributed by atoms with Crippen LogP contribution in [0.15, 0.2) is 22.7 Å². The van der Waals surface area contributed by atoms with Crippen molar-refractivity contribution in [1.29, 1.82) is 0 Å². The first-order chi connectivity index (χ1) is 9.40. The molecule has 0 amide bonds. The van der Waals surface area contributed by atoms with E-state index < -0.39 is 5.82 Å². The molecule has 0 bridgehead atoms. The normalized spacial score (nSPS) is 10.4. The van der Waals surface area contributed by atoms with Crippen LogP contribution in [0.2, 0.25) is 0 Å². The third-order valence-electron chi connectivity index (χ3n) is 2.77. The van der Waals surface area contributed by atoms with Crippen LogP contribution in [-0.2, 0) is 0 Å². The van der Waals surface area contributed by atoms with Crippen LogP contribution in [0.4, 0.5) is 4.39 Å². The molecule has 0 spiro atoms. The molecule has 2 aromatic rings. The Kier molecular flexibility index (Phi) is 4.29. The molecule has 0 atom stereocenters. The summed E-state index contributed by atoms with van der Waals surface area (Å²) in [5, 5.41) is 7.85. The lowest BCUT2D eigenvalue weighted by atomic mass is 10.1. The molecule has 2 N–H and O–H groups in total. The number of nitrogens with zero attached hydrogens (tertiary/aromatic N) is 2. The van der Waals surface area contributed by atoms with E-state index in [1.165, 1.54) is 12.1 Å². The smallest absolute Gasteiger partial charge is 0.249 e. The second kappa shape index (κ2) is 5.80. The molecule has 1 heterocycles. The van der Waals surface area contributed by atoms with E-state index in [2.05, 4.69) is 26.1 Å². The third-order valence-corrected chi connectivity index (χ3v) is 3.47. The molecule has 20 heavy (non-hydrogen) atoms. The molecule has 104 valence electrons. The van der Waals surface area contributed by atoms with E-state index in [1.807, 2.05) is 6.92 Å². The van der Waals surface area contributed by atoms with Crippen LogP contribution in [0.3, 0.4) is 0 Å². The van der Waals surface area contributed by atoms with Gasteiger partial charge in [-0.1, -0.05) is 28.1 Å². The van der Waals surface area contributed by atoms with Crippen LogP contribution in [-0.4, -0.2) is 15.2 Å². The van der Waals surface area contributed by atoms with E-state index in [4.69, 9.17) is 22.7 Å². The van der Waals surface area contributed by atoms with E-state index in [9.17, 15) is 4.39 Å². The van der Waals surface area contributed by atoms with Gasteiger partial charge in [0.15, 0.2) is 11.6 Å². The van der Waals surface area contributed by atoms with E-state index in [-0.39, 0.29) is 16.6 Å². The highest BCUT2D eigenvalue weighted by Gasteiger charge is 2.17. The number of ether oxygens (including phenoxy) is 1. The van der Waals surface area contributed by atoms with Crippen molar-refractivity contribution < 1.29 is 9.13 Å². The van der Waals surface area contributed by atoms with Crippen LogP contribution >= 0.6 is 28.1 Å². The Hall–Kier alpha value is -1.60. The Bertz CT molecular complexity index is 694. The van der Waals surface area contributed by atoms with Crippen molar-refractivity contribution in [3.63, 3.8) is 0 Å². The first-order valence-electron chi connectivity index (χ1n) is 5.66. The monoisotopic (exact) mass is 355 g/mol. The SMILES string of the molecule is Cc1nnc(Oc2cc(Br)ccc2F)c(C(N)=S)c1C. The van der Waals surface area contributed by atoms with Crippen molar-refractivity contribution >= 4 is 33.1 Å². The van der Waals surface area contributed by atoms with Crippen molar-refractivity contribution in [3.8, 4) is 11.6 Å². The van der Waals surface area contributed by atoms with Gasteiger partial charge in [-0.25, -0.2) is 4.39 Å². The van der Waals surface area contributed by atoms with Crippen molar-refractivity contribution in [2.75, 3.05) is 0 Å². The van der Waals surface area contributed by atoms with Crippen LogP contribution in [0.25, 0.3) is 0 Å². The Balaban J connectivity index is 2.51. The standard InChI is InChI=1S/C13H11BrFN3OS/c1-6-7(2)17-18-13(11(6)12(16)20)19-10-5-8(14)3-4-9(10)15/h3-5H,1-2H3,(H2,16,20). The summed E-state index contributed by atoms with van der Waals surface area (Å²) in [6.07, 6.45) is 0. The molecule has 7 heteroatoms. The minimum absolute atomic E-state index is 0.0226. The fourth-order valence-corrected chi connectivity index (χ4v) is 2.19. The Morgan fingerprint density at radius 2 is 2.05 bits per heavy atom. The number of halogens is 2. The molecule has 4 nitrogen and oxygen atoms in total. The molecule has 1 aromatic heterocycles. The van der Waals surface area contributed by atoms with Gasteiger partial charge in [-0.2, -0.15) is 5.10 Å². The van der Waals surface area contributed by atoms with Gasteiger partial charge in [0.25, 0.3) is 0 Å². The maximum absolute atomic E-state index is 13.7. The number of thiocarbonyl (C=S) groups is 1. The van der Waals surface area contributed by atoms with Crippen molar-refractivity contribution in [1.82, 2.24) is 10.2 Å². The average Bonchev–Trinajstić information content (AvgIpc) is 2.38. The topological polar surface area (TPSA) is 61.0 Å². The fourth-order valence-electron chi connectivity index (χ4n) is 1.61. The van der Waals surface area contributed by atoms with Gasteiger partial charge in [-0.3, -0.25) is 0 Å². The first kappa shape index (κ1) is 14.8. The summed E-state index contributed by atoms with van der Waals surface area (Å²) in [6.45, 7) is 3.59. The molecule has 0 unspecified atom stereocenters. The average molecular weight is 356 g/mol. The van der Waals surface area contributed by atoms with Gasteiger partial charge < -0.3 is 10.5 Å². The van der Waals surface area contributed by atoms with Gasteiger partial charge in [0.05, 0.1) is 11.3 Å². The number of rotatable bonds is 3. The minimum atomic E-state index is -0.512. The Morgan fingerprint density at radius 3 is 2.70 bits per heavy atom. The van der Waals surface area contributed by atoms with Gasteiger partial charge >= 0.3 is 0 Å². The molecule has 0 aliphatic rings. The number of hydrogen-bond acceptors (Lipinski definition) is 4. The van der Waals surface area contributed by atoms with Gasteiger partial charge in [0, 0.05) is 4.47 Å². The second-order valence-electron chi connectivity index (χ2n) is 4.13. The highest BCUT2D eigenvalue weighted by molar-refractivity contribution is 9.10. The van der Waals surface area contributed by atoms with E-state index in [0.717, 1.165) is 5.56 Å². The third kappa shape index (κ3) is 2.94. The molecule has 1 aromatic carbocycles. The second-order valence-corrected chi connectivity index (χ2v) is 5.49. The molecule has 2 rings (SSSR count). The van der Waals surface area contributed by atoms with Crippen LogP contribution in [0.1, 0.15) is 16.8 Å². The van der Waals surface area contributed by atoms with Crippen LogP contribution in [0, 0.1) is 19.7 Å². The predicted molar refractivity (Wildman–Crippen MR) is 81.6 cm³/mol. The zero-order valence-electron chi connectivity index (χ0n) is 10.8. The van der Waals surface area contributed by atoms with Gasteiger partial charge in [0.1, 0.15) is 4.99 Å². The lowest BCUT2D eigenvalue weighted by molar-refractivity contribution is 0.419.